The van der Waals surface area contributed by atoms with E-state index >= 15 is 0 Å². The van der Waals surface area contributed by atoms with Gasteiger partial charge in [0.15, 0.2) is 0 Å². The zero-order valence-corrected chi connectivity index (χ0v) is 21.2. The van der Waals surface area contributed by atoms with E-state index in [0.29, 0.717) is 35.7 Å². The number of nitrogens with zero attached hydrogens (tertiary/aromatic N) is 5. The molecule has 2 atom stereocenters. The number of carbonyl (C=O) groups excluding carboxylic acids is 2. The summed E-state index contributed by atoms with van der Waals surface area (Å²) in [4.78, 5) is 40.2. The Labute approximate surface area is 226 Å². The molecule has 2 fully saturated rings. The molecular weight excluding hydrogens is 525 g/mol. The fourth-order valence-corrected chi connectivity index (χ4v) is 5.42. The highest BCUT2D eigenvalue weighted by Crippen LogP contribution is 2.36. The molecule has 3 aromatic heterocycles. The first-order valence-electron chi connectivity index (χ1n) is 12.8. The normalized spacial score (nSPS) is 19.5. The Kier molecular flexibility index (Phi) is 6.37. The van der Waals surface area contributed by atoms with Gasteiger partial charge in [-0.15, -0.1) is 0 Å². The van der Waals surface area contributed by atoms with Crippen molar-refractivity contribution in [1.82, 2.24) is 29.6 Å². The minimum Gasteiger partial charge on any atom is -0.382 e. The van der Waals surface area contributed by atoms with Crippen molar-refractivity contribution in [2.24, 2.45) is 0 Å². The van der Waals surface area contributed by atoms with E-state index in [2.05, 4.69) is 20.6 Å². The minimum atomic E-state index is -4.55. The third kappa shape index (κ3) is 4.72. The zero-order valence-electron chi connectivity index (χ0n) is 21.2. The number of nitrogens with two attached hydrogens (primary N) is 1. The van der Waals surface area contributed by atoms with Crippen LogP contribution in [0.15, 0.2) is 55.0 Å². The number of anilines is 2. The molecule has 13 heteroatoms. The molecule has 0 spiro atoms. The molecule has 2 aliphatic heterocycles. The van der Waals surface area contributed by atoms with Crippen molar-refractivity contribution in [1.29, 1.82) is 0 Å². The Bertz CT molecular complexity index is 1600. The van der Waals surface area contributed by atoms with Gasteiger partial charge in [-0.25, -0.2) is 15.0 Å². The summed E-state index contributed by atoms with van der Waals surface area (Å²) in [5, 5.41) is 5.58. The van der Waals surface area contributed by atoms with Gasteiger partial charge < -0.3 is 21.3 Å². The molecule has 0 aliphatic carbocycles. The van der Waals surface area contributed by atoms with Crippen LogP contribution >= 0.6 is 0 Å². The van der Waals surface area contributed by atoms with E-state index in [1.54, 1.807) is 36.7 Å². The van der Waals surface area contributed by atoms with Crippen LogP contribution in [0.1, 0.15) is 40.5 Å². The average Bonchev–Trinajstić information content (AvgIpc) is 3.34. The Morgan fingerprint density at radius 1 is 1.10 bits per heavy atom. The number of amides is 2. The second-order valence-electron chi connectivity index (χ2n) is 9.91. The van der Waals surface area contributed by atoms with Gasteiger partial charge in [0.05, 0.1) is 12.1 Å². The first kappa shape index (κ1) is 25.7. The lowest BCUT2D eigenvalue weighted by Gasteiger charge is -2.42. The van der Waals surface area contributed by atoms with Crippen LogP contribution < -0.4 is 16.4 Å². The molecule has 0 bridgehead atoms. The third-order valence-corrected chi connectivity index (χ3v) is 7.41. The number of piperidine rings is 1. The second-order valence-corrected chi connectivity index (χ2v) is 9.91. The maximum Gasteiger partial charge on any atom is 0.416 e. The van der Waals surface area contributed by atoms with Crippen molar-refractivity contribution >= 4 is 29.0 Å². The van der Waals surface area contributed by atoms with Crippen molar-refractivity contribution in [3.05, 3.63) is 71.9 Å². The number of benzene rings is 1. The monoisotopic (exact) mass is 550 g/mol. The number of rotatable bonds is 4. The Hall–Kier alpha value is -4.52. The number of carbonyl (C=O) groups is 2. The molecule has 4 aromatic rings. The second kappa shape index (κ2) is 9.90. The van der Waals surface area contributed by atoms with Gasteiger partial charge in [-0.1, -0.05) is 12.1 Å². The largest absolute Gasteiger partial charge is 0.416 e. The molecular formula is C27H25F3N8O2. The van der Waals surface area contributed by atoms with Gasteiger partial charge in [-0.05, 0) is 37.1 Å². The summed E-state index contributed by atoms with van der Waals surface area (Å²) in [6, 6.07) is 8.30. The highest BCUT2D eigenvalue weighted by Gasteiger charge is 2.36. The van der Waals surface area contributed by atoms with Gasteiger partial charge in [0.25, 0.3) is 5.91 Å². The molecule has 206 valence electrons. The van der Waals surface area contributed by atoms with E-state index in [1.165, 1.54) is 0 Å². The quantitative estimate of drug-likeness (QED) is 0.355. The van der Waals surface area contributed by atoms with Gasteiger partial charge in [0, 0.05) is 54.8 Å². The predicted molar refractivity (Wildman–Crippen MR) is 140 cm³/mol. The molecule has 0 radical (unpaired) electrons. The summed E-state index contributed by atoms with van der Waals surface area (Å²) in [5.41, 5.74) is 7.49. The van der Waals surface area contributed by atoms with Gasteiger partial charge in [-0.2, -0.15) is 13.2 Å². The minimum absolute atomic E-state index is 0.00589. The molecule has 2 aliphatic rings. The highest BCUT2D eigenvalue weighted by molar-refractivity contribution is 6.04. The third-order valence-electron chi connectivity index (χ3n) is 7.41. The number of pyridine rings is 1. The topological polar surface area (TPSA) is 131 Å². The molecule has 4 N–H and O–H groups in total. The van der Waals surface area contributed by atoms with E-state index in [9.17, 15) is 22.8 Å². The van der Waals surface area contributed by atoms with Gasteiger partial charge in [0.1, 0.15) is 28.7 Å². The summed E-state index contributed by atoms with van der Waals surface area (Å²) >= 11 is 0. The molecule has 1 aromatic carbocycles. The molecule has 0 unspecified atom stereocenters. The van der Waals surface area contributed by atoms with Crippen molar-refractivity contribution in [2.75, 3.05) is 30.7 Å². The summed E-state index contributed by atoms with van der Waals surface area (Å²) in [6.07, 6.45) is 1.57. The first-order chi connectivity index (χ1) is 19.2. The van der Waals surface area contributed by atoms with Crippen LogP contribution in [-0.2, 0) is 11.0 Å². The van der Waals surface area contributed by atoms with Crippen LogP contribution in [0.5, 0.6) is 0 Å². The standard InChI is InChI=1S/C27H25F3N8O2/c28-27(29,30)18-7-8-33-20(11-18)35-26(40)16-3-1-15(2-4-16)22-23-24(31)34-9-10-37(23)25(36-22)17-5-6-19-12-32-13-21(39)38(19)14-17/h1-4,7-11,17,19,32H,5-6,12-14H2,(H2,31,34)(H,33,35,40)/t17-,19-/m0/s1. The van der Waals surface area contributed by atoms with E-state index in [0.717, 1.165) is 43.5 Å². The fourth-order valence-electron chi connectivity index (χ4n) is 5.42. The number of nitrogen functional groups attached to an aromatic ring is 1. The van der Waals surface area contributed by atoms with Gasteiger partial charge >= 0.3 is 6.18 Å². The Balaban J connectivity index is 1.28. The molecule has 6 rings (SSSR count). The molecule has 2 saturated heterocycles. The summed E-state index contributed by atoms with van der Waals surface area (Å²) in [6.45, 7) is 1.68. The molecule has 0 saturated carbocycles. The number of hydrogen-bond acceptors (Lipinski definition) is 7. The molecule has 5 heterocycles. The highest BCUT2D eigenvalue weighted by atomic mass is 19.4. The maximum atomic E-state index is 13.0. The van der Waals surface area contributed by atoms with Crippen LogP contribution in [0.2, 0.25) is 0 Å². The maximum absolute atomic E-state index is 13.0. The van der Waals surface area contributed by atoms with Crippen molar-refractivity contribution < 1.29 is 22.8 Å². The molecule has 10 nitrogen and oxygen atoms in total. The lowest BCUT2D eigenvalue weighted by atomic mass is 9.91. The van der Waals surface area contributed by atoms with Crippen LogP contribution in [0.25, 0.3) is 16.8 Å². The number of hydrogen-bond donors (Lipinski definition) is 3. The first-order valence-corrected chi connectivity index (χ1v) is 12.8. The molecule has 2 amide bonds. The predicted octanol–water partition coefficient (Wildman–Crippen LogP) is 3.32. The molecule has 40 heavy (non-hydrogen) atoms. The van der Waals surface area contributed by atoms with Crippen molar-refractivity contribution in [3.63, 3.8) is 0 Å². The number of imidazole rings is 1. The SMILES string of the molecule is Nc1nccn2c([C@H]3CC[C@H]4CNCC(=O)N4C3)nc(-c3ccc(C(=O)Nc4cc(C(F)(F)F)ccn4)cc3)c12. The number of aromatic nitrogens is 4. The Morgan fingerprint density at radius 2 is 1.90 bits per heavy atom. The Morgan fingerprint density at radius 3 is 2.67 bits per heavy atom. The van der Waals surface area contributed by atoms with Crippen LogP contribution in [0.4, 0.5) is 24.8 Å². The van der Waals surface area contributed by atoms with Crippen LogP contribution in [0, 0.1) is 0 Å². The van der Waals surface area contributed by atoms with E-state index < -0.39 is 17.6 Å². The van der Waals surface area contributed by atoms with Crippen LogP contribution in [0.3, 0.4) is 0 Å². The lowest BCUT2D eigenvalue weighted by molar-refractivity contribution is -0.138. The summed E-state index contributed by atoms with van der Waals surface area (Å²) < 4.78 is 40.9. The van der Waals surface area contributed by atoms with Gasteiger partial charge in [0.2, 0.25) is 5.91 Å². The van der Waals surface area contributed by atoms with Crippen molar-refractivity contribution in [2.45, 2.75) is 31.0 Å². The van der Waals surface area contributed by atoms with E-state index in [1.807, 2.05) is 9.30 Å². The number of alkyl halides is 3. The lowest BCUT2D eigenvalue weighted by Crippen LogP contribution is -2.57. The van der Waals surface area contributed by atoms with E-state index in [-0.39, 0.29) is 29.2 Å². The van der Waals surface area contributed by atoms with Gasteiger partial charge in [-0.3, -0.25) is 14.0 Å². The zero-order chi connectivity index (χ0) is 28.0. The number of halogens is 3. The summed E-state index contributed by atoms with van der Waals surface area (Å²) in [5.74, 6) is 0.350. The average molecular weight is 551 g/mol. The number of nitrogens with one attached hydrogen (secondary N) is 2. The fraction of sp³-hybridized carbons (Fsp3) is 0.296. The van der Waals surface area contributed by atoms with E-state index in [4.69, 9.17) is 10.7 Å². The smallest absolute Gasteiger partial charge is 0.382 e. The van der Waals surface area contributed by atoms with Crippen LogP contribution in [-0.4, -0.2) is 61.7 Å². The van der Waals surface area contributed by atoms with Crippen molar-refractivity contribution in [3.8, 4) is 11.3 Å². The summed E-state index contributed by atoms with van der Waals surface area (Å²) in [7, 11) is 0. The number of piperazine rings is 1. The number of fused-ring (bicyclic) bond motifs is 2.